The summed E-state index contributed by atoms with van der Waals surface area (Å²) in [5.41, 5.74) is 5.28. The molecule has 0 aliphatic rings. The first-order chi connectivity index (χ1) is 9.33. The molecule has 19 heavy (non-hydrogen) atoms. The Morgan fingerprint density at radius 3 is 2.05 bits per heavy atom. The fraction of sp³-hybridized carbons (Fsp3) is 0.923. The maximum absolute atomic E-state index is 9.84. The number of hydrogen-bond donors (Lipinski definition) is 2. The van der Waals surface area contributed by atoms with Gasteiger partial charge in [-0.3, -0.25) is 0 Å². The van der Waals surface area contributed by atoms with Crippen molar-refractivity contribution in [1.82, 2.24) is 5.32 Å². The molecule has 0 aliphatic carbocycles. The van der Waals surface area contributed by atoms with Crippen molar-refractivity contribution in [2.75, 3.05) is 59.8 Å². The highest BCUT2D eigenvalue weighted by Crippen LogP contribution is 1.82. The molecule has 0 aromatic heterocycles. The highest BCUT2D eigenvalue weighted by atomic mass is 16.5. The maximum atomic E-state index is 9.84. The largest absolute Gasteiger partial charge is 0.379 e. The van der Waals surface area contributed by atoms with Crippen LogP contribution in [0.2, 0.25) is 0 Å². The summed E-state index contributed by atoms with van der Waals surface area (Å²) in [6.45, 7) is 6.83. The van der Waals surface area contributed by atoms with Gasteiger partial charge in [0, 0.05) is 6.61 Å². The molecule has 0 rings (SSSR count). The van der Waals surface area contributed by atoms with Crippen LogP contribution in [0.1, 0.15) is 19.8 Å². The summed E-state index contributed by atoms with van der Waals surface area (Å²) >= 11 is 0. The van der Waals surface area contributed by atoms with Gasteiger partial charge in [-0.1, -0.05) is 6.92 Å². The lowest BCUT2D eigenvalue weighted by molar-refractivity contribution is -0.112. The van der Waals surface area contributed by atoms with Crippen LogP contribution >= 0.6 is 0 Å². The summed E-state index contributed by atoms with van der Waals surface area (Å²) in [6, 6.07) is 0. The number of carbonyl (C=O) groups excluding carboxylic acids is 1. The molecule has 0 aromatic carbocycles. The van der Waals surface area contributed by atoms with Crippen molar-refractivity contribution in [3.63, 3.8) is 0 Å². The summed E-state index contributed by atoms with van der Waals surface area (Å²) < 4.78 is 15.2. The van der Waals surface area contributed by atoms with Crippen molar-refractivity contribution < 1.29 is 19.0 Å². The monoisotopic (exact) mass is 278 g/mol. The lowest BCUT2D eigenvalue weighted by Crippen LogP contribution is -2.11. The zero-order valence-corrected chi connectivity index (χ0v) is 12.4. The molecule has 0 saturated heterocycles. The third-order valence-electron chi connectivity index (χ3n) is 1.92. The maximum Gasteiger partial charge on any atom is 0.145 e. The first-order valence-electron chi connectivity index (χ1n) is 6.84. The van der Waals surface area contributed by atoms with Gasteiger partial charge in [-0.25, -0.2) is 0 Å². The van der Waals surface area contributed by atoms with Gasteiger partial charge in [0.05, 0.1) is 26.4 Å². The van der Waals surface area contributed by atoms with Gasteiger partial charge in [-0.05, 0) is 33.0 Å². The topological polar surface area (TPSA) is 82.8 Å². The normalized spacial score (nSPS) is 9.84. The van der Waals surface area contributed by atoms with Crippen LogP contribution in [-0.2, 0) is 19.0 Å². The molecule has 0 atom stereocenters. The minimum absolute atomic E-state index is 0.135. The van der Waals surface area contributed by atoms with E-state index in [0.717, 1.165) is 19.3 Å². The van der Waals surface area contributed by atoms with Gasteiger partial charge in [0.15, 0.2) is 0 Å². The van der Waals surface area contributed by atoms with E-state index in [0.29, 0.717) is 39.6 Å². The predicted octanol–water partition coefficient (Wildman–Crippen LogP) is 0.200. The highest BCUT2D eigenvalue weighted by molar-refractivity contribution is 5.50. The Morgan fingerprint density at radius 2 is 1.63 bits per heavy atom. The third-order valence-corrected chi connectivity index (χ3v) is 1.92. The molecule has 0 unspecified atom stereocenters. The van der Waals surface area contributed by atoms with Crippen LogP contribution in [0, 0.1) is 0 Å². The van der Waals surface area contributed by atoms with E-state index in [9.17, 15) is 4.79 Å². The summed E-state index contributed by atoms with van der Waals surface area (Å²) in [6.07, 6.45) is 2.83. The van der Waals surface area contributed by atoms with Crippen LogP contribution < -0.4 is 11.1 Å². The van der Waals surface area contributed by atoms with Crippen LogP contribution in [0.25, 0.3) is 0 Å². The van der Waals surface area contributed by atoms with Crippen molar-refractivity contribution in [3.8, 4) is 0 Å². The zero-order valence-electron chi connectivity index (χ0n) is 12.4. The standard InChI is InChI=1S/C9H19NO4.C4H11N/c10-2-1-4-12-6-8-14-9-7-13-5-3-11;1-3-4-5-2/h3H,1-2,4-10H2;5H,3-4H2,1-2H3. The Balaban J connectivity index is 0. The summed E-state index contributed by atoms with van der Waals surface area (Å²) in [7, 11) is 1.96. The predicted molar refractivity (Wildman–Crippen MR) is 76.4 cm³/mol. The minimum atomic E-state index is 0.135. The lowest BCUT2D eigenvalue weighted by atomic mass is 10.5. The van der Waals surface area contributed by atoms with Crippen LogP contribution in [0.5, 0.6) is 0 Å². The number of rotatable bonds is 13. The molecule has 0 aliphatic heterocycles. The number of hydrogen-bond acceptors (Lipinski definition) is 6. The average Bonchev–Trinajstić information content (AvgIpc) is 2.43. The van der Waals surface area contributed by atoms with Crippen LogP contribution in [0.4, 0.5) is 0 Å². The molecule has 0 heterocycles. The lowest BCUT2D eigenvalue weighted by Gasteiger charge is -2.04. The van der Waals surface area contributed by atoms with Gasteiger partial charge < -0.3 is 30.1 Å². The molecule has 0 saturated carbocycles. The first kappa shape index (κ1) is 20.8. The Labute approximate surface area is 117 Å². The van der Waals surface area contributed by atoms with Gasteiger partial charge in [-0.2, -0.15) is 0 Å². The second-order valence-electron chi connectivity index (χ2n) is 3.71. The molecule has 0 radical (unpaired) electrons. The number of nitrogens with two attached hydrogens (primary N) is 1. The number of carbonyl (C=O) groups is 1. The Bertz CT molecular complexity index is 158. The van der Waals surface area contributed by atoms with Crippen LogP contribution in [-0.4, -0.2) is 66.1 Å². The fourth-order valence-corrected chi connectivity index (χ4v) is 1.01. The number of aldehydes is 1. The smallest absolute Gasteiger partial charge is 0.145 e. The highest BCUT2D eigenvalue weighted by Gasteiger charge is 1.90. The molecule has 6 nitrogen and oxygen atoms in total. The molecule has 0 amide bonds. The van der Waals surface area contributed by atoms with Gasteiger partial charge in [0.2, 0.25) is 0 Å². The fourth-order valence-electron chi connectivity index (χ4n) is 1.01. The molecule has 0 bridgehead atoms. The van der Waals surface area contributed by atoms with E-state index >= 15 is 0 Å². The quantitative estimate of drug-likeness (QED) is 0.370. The summed E-state index contributed by atoms with van der Waals surface area (Å²) in [4.78, 5) is 9.84. The van der Waals surface area contributed by atoms with Crippen molar-refractivity contribution in [1.29, 1.82) is 0 Å². The second-order valence-corrected chi connectivity index (χ2v) is 3.71. The molecule has 0 aromatic rings. The van der Waals surface area contributed by atoms with E-state index in [1.54, 1.807) is 0 Å². The zero-order chi connectivity index (χ0) is 14.6. The van der Waals surface area contributed by atoms with Gasteiger partial charge in [-0.15, -0.1) is 0 Å². The van der Waals surface area contributed by atoms with E-state index in [4.69, 9.17) is 19.9 Å². The average molecular weight is 278 g/mol. The van der Waals surface area contributed by atoms with E-state index in [1.807, 2.05) is 7.05 Å². The SMILES string of the molecule is CCCNC.NCCCOCCOCCOCC=O. The molecule has 116 valence electrons. The molecular formula is C13H30N2O4. The number of ether oxygens (including phenoxy) is 3. The first-order valence-corrected chi connectivity index (χ1v) is 6.84. The Hall–Kier alpha value is -0.530. The van der Waals surface area contributed by atoms with Crippen molar-refractivity contribution in [3.05, 3.63) is 0 Å². The second kappa shape index (κ2) is 22.6. The van der Waals surface area contributed by atoms with E-state index < -0.39 is 0 Å². The molecule has 3 N–H and O–H groups in total. The van der Waals surface area contributed by atoms with Gasteiger partial charge in [0.25, 0.3) is 0 Å². The Morgan fingerprint density at radius 1 is 1.05 bits per heavy atom. The van der Waals surface area contributed by atoms with Crippen LogP contribution in [0.3, 0.4) is 0 Å². The third kappa shape index (κ3) is 26.9. The minimum Gasteiger partial charge on any atom is -0.379 e. The Kier molecular flexibility index (Phi) is 24.8. The van der Waals surface area contributed by atoms with E-state index in [1.165, 1.54) is 6.42 Å². The summed E-state index contributed by atoms with van der Waals surface area (Å²) in [5, 5.41) is 3.02. The van der Waals surface area contributed by atoms with Crippen molar-refractivity contribution >= 4 is 6.29 Å². The molecule has 0 spiro atoms. The van der Waals surface area contributed by atoms with Gasteiger partial charge >= 0.3 is 0 Å². The summed E-state index contributed by atoms with van der Waals surface area (Å²) in [5.74, 6) is 0. The number of nitrogens with one attached hydrogen (secondary N) is 1. The van der Waals surface area contributed by atoms with Crippen LogP contribution in [0.15, 0.2) is 0 Å². The van der Waals surface area contributed by atoms with Crippen molar-refractivity contribution in [2.45, 2.75) is 19.8 Å². The van der Waals surface area contributed by atoms with Gasteiger partial charge in [0.1, 0.15) is 12.9 Å². The molecule has 6 heteroatoms. The molecule has 0 fully saturated rings. The van der Waals surface area contributed by atoms with E-state index in [-0.39, 0.29) is 6.61 Å². The van der Waals surface area contributed by atoms with E-state index in [2.05, 4.69) is 12.2 Å². The molecular weight excluding hydrogens is 248 g/mol. The van der Waals surface area contributed by atoms with Crippen molar-refractivity contribution in [2.24, 2.45) is 5.73 Å².